The Kier molecular flexibility index (Phi) is 29.4. The molecule has 0 aromatic rings. The smallest absolute Gasteiger partial charge is 0.387 e. The molecule has 0 radical (unpaired) electrons. The van der Waals surface area contributed by atoms with Crippen LogP contribution in [0.5, 0.6) is 0 Å². The molecule has 0 fully saturated rings. The number of amides is 1. The Balaban J connectivity index is 4.60. The zero-order chi connectivity index (χ0) is 34.4. The molecule has 0 rings (SSSR count). The van der Waals surface area contributed by atoms with Crippen molar-refractivity contribution in [3.8, 4) is 0 Å². The van der Waals surface area contributed by atoms with E-state index < -0.39 is 20.0 Å². The second-order valence-corrected chi connectivity index (χ2v) is 15.4. The minimum absolute atomic E-state index is 0.0549. The van der Waals surface area contributed by atoms with Gasteiger partial charge in [0.05, 0.1) is 39.9 Å². The van der Waals surface area contributed by atoms with E-state index in [0.29, 0.717) is 17.4 Å². The topological polar surface area (TPSA) is 105 Å². The molecule has 1 unspecified atom stereocenters. The number of nitrogens with one attached hydrogen (secondary N) is 1. The fourth-order valence-electron chi connectivity index (χ4n) is 5.16. The number of phosphoric ester groups is 1. The number of hydrogen-bond donors (Lipinski definition) is 3. The van der Waals surface area contributed by atoms with Crippen molar-refractivity contribution in [3.05, 3.63) is 24.3 Å². The highest BCUT2D eigenvalue weighted by Gasteiger charge is 2.27. The predicted octanol–water partition coefficient (Wildman–Crippen LogP) is 9.41. The number of unbranched alkanes of at least 4 members (excludes halogenated alkanes) is 19. The Hall–Kier alpha value is -1.02. The van der Waals surface area contributed by atoms with Crippen LogP contribution in [0.2, 0.25) is 0 Å². The number of phosphoric acid groups is 1. The molecule has 0 aromatic heterocycles. The first-order chi connectivity index (χ1) is 22.0. The highest BCUT2D eigenvalue weighted by molar-refractivity contribution is 7.47. The average Bonchev–Trinajstić information content (AvgIpc) is 2.99. The van der Waals surface area contributed by atoms with Gasteiger partial charge in [-0.05, 0) is 19.3 Å². The third-order valence-corrected chi connectivity index (χ3v) is 9.21. The van der Waals surface area contributed by atoms with Gasteiger partial charge in [0, 0.05) is 6.42 Å². The SMILES string of the molecule is CCCCCCCCC/C=C/C=C/[C@@H](O)[C@H](COP(=O)(O)OCC[N+](C)(C)C)NC(=O)CCCCCCCCCCCCCCC. The molecule has 0 aliphatic heterocycles. The predicted molar refractivity (Wildman–Crippen MR) is 194 cm³/mol. The summed E-state index contributed by atoms with van der Waals surface area (Å²) in [6.07, 6.45) is 32.5. The number of carbonyl (C=O) groups is 1. The maximum atomic E-state index is 12.7. The molecule has 9 heteroatoms. The van der Waals surface area contributed by atoms with E-state index >= 15 is 0 Å². The standard InChI is InChI=1S/C37H73N2O6P/c1-6-8-10-12-14-16-18-19-21-23-25-27-29-31-37(41)38-35(34-45-46(42,43)44-33-32-39(3,4)5)36(40)30-28-26-24-22-20-17-15-13-11-9-7-2/h24,26,28,30,35-36,40H,6-23,25,27,29,31-34H2,1-5H3,(H-,38,41,42,43)/p+1/b26-24+,30-28+/t35-,36+/m0/s1. The normalized spacial score (nSPS) is 15.0. The minimum Gasteiger partial charge on any atom is -0.387 e. The van der Waals surface area contributed by atoms with Gasteiger partial charge in [-0.2, -0.15) is 0 Å². The van der Waals surface area contributed by atoms with Crippen molar-refractivity contribution < 1.29 is 32.9 Å². The van der Waals surface area contributed by atoms with Gasteiger partial charge in [0.15, 0.2) is 0 Å². The Morgan fingerprint density at radius 3 is 1.72 bits per heavy atom. The lowest BCUT2D eigenvalue weighted by atomic mass is 10.0. The van der Waals surface area contributed by atoms with E-state index in [2.05, 4.69) is 25.2 Å². The third-order valence-electron chi connectivity index (χ3n) is 8.23. The van der Waals surface area contributed by atoms with Gasteiger partial charge in [0.1, 0.15) is 13.2 Å². The highest BCUT2D eigenvalue weighted by Crippen LogP contribution is 2.43. The van der Waals surface area contributed by atoms with Gasteiger partial charge in [-0.15, -0.1) is 0 Å². The van der Waals surface area contributed by atoms with Gasteiger partial charge in [-0.25, -0.2) is 4.57 Å². The largest absolute Gasteiger partial charge is 0.472 e. The summed E-state index contributed by atoms with van der Waals surface area (Å²) in [6, 6.07) is -0.871. The molecule has 0 saturated carbocycles. The van der Waals surface area contributed by atoms with Crippen LogP contribution in [0.15, 0.2) is 24.3 Å². The second-order valence-electron chi connectivity index (χ2n) is 14.0. The van der Waals surface area contributed by atoms with Crippen LogP contribution in [0.1, 0.15) is 155 Å². The van der Waals surface area contributed by atoms with Crippen LogP contribution in [0.3, 0.4) is 0 Å². The van der Waals surface area contributed by atoms with Gasteiger partial charge >= 0.3 is 7.82 Å². The van der Waals surface area contributed by atoms with Crippen LogP contribution in [0, 0.1) is 0 Å². The van der Waals surface area contributed by atoms with Crippen molar-refractivity contribution in [2.24, 2.45) is 0 Å². The summed E-state index contributed by atoms with van der Waals surface area (Å²) >= 11 is 0. The van der Waals surface area contributed by atoms with E-state index in [1.807, 2.05) is 27.2 Å². The Morgan fingerprint density at radius 1 is 0.739 bits per heavy atom. The summed E-state index contributed by atoms with van der Waals surface area (Å²) in [7, 11) is 1.54. The van der Waals surface area contributed by atoms with Gasteiger partial charge in [0.25, 0.3) is 0 Å². The molecule has 8 nitrogen and oxygen atoms in total. The van der Waals surface area contributed by atoms with Crippen LogP contribution in [0.25, 0.3) is 0 Å². The first-order valence-electron chi connectivity index (χ1n) is 18.7. The summed E-state index contributed by atoms with van der Waals surface area (Å²) in [5.41, 5.74) is 0. The molecule has 0 spiro atoms. The number of nitrogens with zero attached hydrogens (tertiary/aromatic N) is 1. The molecule has 0 aromatic carbocycles. The third kappa shape index (κ3) is 31.6. The van der Waals surface area contributed by atoms with Gasteiger partial charge in [-0.3, -0.25) is 13.8 Å². The first-order valence-corrected chi connectivity index (χ1v) is 20.2. The summed E-state index contributed by atoms with van der Waals surface area (Å²) in [4.78, 5) is 22.9. The highest BCUT2D eigenvalue weighted by atomic mass is 31.2. The van der Waals surface area contributed by atoms with Crippen molar-refractivity contribution in [1.82, 2.24) is 5.32 Å². The number of aliphatic hydroxyl groups is 1. The number of rotatable bonds is 33. The van der Waals surface area contributed by atoms with Crippen molar-refractivity contribution in [2.45, 2.75) is 167 Å². The number of hydrogen-bond acceptors (Lipinski definition) is 5. The molecule has 1 amide bonds. The van der Waals surface area contributed by atoms with E-state index in [-0.39, 0.29) is 19.1 Å². The molecule has 46 heavy (non-hydrogen) atoms. The van der Waals surface area contributed by atoms with E-state index in [0.717, 1.165) is 32.1 Å². The second kappa shape index (κ2) is 30.1. The molecular formula is C37H74N2O6P+. The number of allylic oxidation sites excluding steroid dienone is 3. The summed E-state index contributed by atoms with van der Waals surface area (Å²) < 4.78 is 23.4. The molecule has 0 bridgehead atoms. The molecule has 0 heterocycles. The number of aliphatic hydroxyl groups excluding tert-OH is 1. The minimum atomic E-state index is -4.33. The summed E-state index contributed by atoms with van der Waals surface area (Å²) in [5.74, 6) is -0.197. The Morgan fingerprint density at radius 2 is 1.22 bits per heavy atom. The molecule has 0 aliphatic rings. The van der Waals surface area contributed by atoms with Crippen molar-refractivity contribution >= 4 is 13.7 Å². The fourth-order valence-corrected chi connectivity index (χ4v) is 5.89. The maximum Gasteiger partial charge on any atom is 0.472 e. The molecule has 0 saturated heterocycles. The molecule has 3 N–H and O–H groups in total. The van der Waals surface area contributed by atoms with Crippen LogP contribution in [-0.2, 0) is 18.4 Å². The molecule has 3 atom stereocenters. The number of likely N-dealkylation sites (N-methyl/N-ethyl adjacent to an activating group) is 1. The van der Waals surface area contributed by atoms with Crippen LogP contribution in [0.4, 0.5) is 0 Å². The molecule has 272 valence electrons. The van der Waals surface area contributed by atoms with Gasteiger partial charge in [-0.1, -0.05) is 154 Å². The lowest BCUT2D eigenvalue weighted by Gasteiger charge is -2.25. The molecule has 0 aliphatic carbocycles. The maximum absolute atomic E-state index is 12.7. The quantitative estimate of drug-likeness (QED) is 0.0278. The van der Waals surface area contributed by atoms with Crippen molar-refractivity contribution in [2.75, 3.05) is 40.9 Å². The lowest BCUT2D eigenvalue weighted by Crippen LogP contribution is -2.45. The number of carbonyl (C=O) groups excluding carboxylic acids is 1. The van der Waals surface area contributed by atoms with Gasteiger partial charge in [0.2, 0.25) is 5.91 Å². The lowest BCUT2D eigenvalue weighted by molar-refractivity contribution is -0.870. The van der Waals surface area contributed by atoms with E-state index in [9.17, 15) is 19.4 Å². The van der Waals surface area contributed by atoms with Crippen LogP contribution in [-0.4, -0.2) is 73.4 Å². The van der Waals surface area contributed by atoms with Crippen molar-refractivity contribution in [1.29, 1.82) is 0 Å². The van der Waals surface area contributed by atoms with Crippen LogP contribution >= 0.6 is 7.82 Å². The van der Waals surface area contributed by atoms with Crippen LogP contribution < -0.4 is 5.32 Å². The summed E-state index contributed by atoms with van der Waals surface area (Å²) in [5, 5.41) is 13.7. The summed E-state index contributed by atoms with van der Waals surface area (Å²) in [6.45, 7) is 4.73. The average molecular weight is 674 g/mol. The van der Waals surface area contributed by atoms with E-state index in [1.165, 1.54) is 103 Å². The zero-order valence-corrected chi connectivity index (χ0v) is 31.5. The fraction of sp³-hybridized carbons (Fsp3) is 0.865. The van der Waals surface area contributed by atoms with Gasteiger partial charge < -0.3 is 19.8 Å². The zero-order valence-electron chi connectivity index (χ0n) is 30.6. The van der Waals surface area contributed by atoms with E-state index in [1.54, 1.807) is 12.2 Å². The Bertz CT molecular complexity index is 814. The first kappa shape index (κ1) is 45.0. The number of quaternary nitrogens is 1. The Labute approximate surface area is 284 Å². The van der Waals surface area contributed by atoms with E-state index in [4.69, 9.17) is 9.05 Å². The van der Waals surface area contributed by atoms with Crippen molar-refractivity contribution in [3.63, 3.8) is 0 Å². The molecular weight excluding hydrogens is 599 g/mol. The monoisotopic (exact) mass is 674 g/mol.